The average molecular weight is 797 g/mol. The molecule has 61 heavy (non-hydrogen) atoms. The molecule has 7 aromatic rings. The first kappa shape index (κ1) is 38.2. The van der Waals surface area contributed by atoms with E-state index in [0.717, 1.165) is 29.9 Å². The number of hydrogen-bond donors (Lipinski definition) is 0. The summed E-state index contributed by atoms with van der Waals surface area (Å²) in [6.45, 7) is 21.6. The minimum atomic E-state index is -0.101. The van der Waals surface area contributed by atoms with E-state index in [0.29, 0.717) is 0 Å². The van der Waals surface area contributed by atoms with E-state index in [1.807, 2.05) is 0 Å². The Hall–Kier alpha value is -5.74. The maximum Gasteiger partial charge on any atom is 0.297 e. The highest BCUT2D eigenvalue weighted by molar-refractivity contribution is 6.99. The lowest BCUT2D eigenvalue weighted by molar-refractivity contribution is 0.282. The second-order valence-electron chi connectivity index (χ2n) is 21.2. The Morgan fingerprint density at radius 3 is 1.69 bits per heavy atom. The molecule has 0 saturated heterocycles. The fourth-order valence-corrected chi connectivity index (χ4v) is 11.4. The van der Waals surface area contributed by atoms with Crippen LogP contribution in [0.25, 0.3) is 22.3 Å². The molecular formula is C57H57BN2O. The van der Waals surface area contributed by atoms with Gasteiger partial charge in [-0.2, -0.15) is 0 Å². The summed E-state index contributed by atoms with van der Waals surface area (Å²) >= 11 is 0. The van der Waals surface area contributed by atoms with E-state index in [2.05, 4.69) is 206 Å². The summed E-state index contributed by atoms with van der Waals surface area (Å²) in [6.07, 6.45) is 4.56. The van der Waals surface area contributed by atoms with E-state index in [4.69, 9.17) is 4.42 Å². The van der Waals surface area contributed by atoms with Crippen molar-refractivity contribution in [1.82, 2.24) is 0 Å². The van der Waals surface area contributed by atoms with Crippen LogP contribution >= 0.6 is 0 Å². The first-order valence-corrected chi connectivity index (χ1v) is 22.6. The molecule has 2 aliphatic heterocycles. The Morgan fingerprint density at radius 1 is 0.475 bits per heavy atom. The molecule has 0 amide bonds. The Bertz CT molecular complexity index is 2880. The standard InChI is InChI=1S/C57H57BN2O/c1-36-32-47-50-48(33-36)60(42-25-26-43-44(35-42)55(4,5)29-28-54(43,2)3)51-49-52(57(8,9)31-30-56(49,6)7)61-53(51)58(50)45-34-40(38-18-14-11-15-19-38)22-27-46(45)59(47)41-23-20-39(21-24-41)37-16-12-10-13-17-37/h10-27,32-35H,28-31H2,1-9H3. The zero-order valence-corrected chi connectivity index (χ0v) is 37.4. The molecule has 11 rings (SSSR count). The fraction of sp³-hybridized carbons (Fsp3) is 0.298. The molecule has 0 unspecified atom stereocenters. The molecular weight excluding hydrogens is 739 g/mol. The van der Waals surface area contributed by atoms with Gasteiger partial charge < -0.3 is 14.2 Å². The smallest absolute Gasteiger partial charge is 0.297 e. The van der Waals surface area contributed by atoms with E-state index >= 15 is 0 Å². The third-order valence-electron chi connectivity index (χ3n) is 15.1. The van der Waals surface area contributed by atoms with Gasteiger partial charge >= 0.3 is 0 Å². The summed E-state index contributed by atoms with van der Waals surface area (Å²) in [6, 6.07) is 50.2. The fourth-order valence-electron chi connectivity index (χ4n) is 11.4. The Labute approximate surface area is 363 Å². The topological polar surface area (TPSA) is 19.6 Å². The number of fused-ring (bicyclic) bond motifs is 7. The van der Waals surface area contributed by atoms with Crippen molar-refractivity contribution in [2.75, 3.05) is 9.80 Å². The highest BCUT2D eigenvalue weighted by Crippen LogP contribution is 2.56. The van der Waals surface area contributed by atoms with E-state index in [1.54, 1.807) is 0 Å². The Balaban J connectivity index is 1.23. The first-order chi connectivity index (χ1) is 29.1. The maximum atomic E-state index is 7.65. The second-order valence-corrected chi connectivity index (χ2v) is 21.2. The number of anilines is 6. The predicted octanol–water partition coefficient (Wildman–Crippen LogP) is 13.7. The molecule has 0 bridgehead atoms. The van der Waals surface area contributed by atoms with Crippen molar-refractivity contribution in [3.05, 3.63) is 161 Å². The molecule has 3 nitrogen and oxygen atoms in total. The summed E-state index contributed by atoms with van der Waals surface area (Å²) in [4.78, 5) is 5.17. The molecule has 304 valence electrons. The molecule has 0 N–H and O–H groups in total. The largest absolute Gasteiger partial charge is 0.472 e. The number of aryl methyl sites for hydroxylation is 1. The molecule has 1 aromatic heterocycles. The molecule has 3 heterocycles. The molecule has 4 heteroatoms. The maximum absolute atomic E-state index is 7.65. The van der Waals surface area contributed by atoms with Crippen molar-refractivity contribution in [3.63, 3.8) is 0 Å². The van der Waals surface area contributed by atoms with Crippen molar-refractivity contribution in [2.24, 2.45) is 0 Å². The minimum Gasteiger partial charge on any atom is -0.472 e. The van der Waals surface area contributed by atoms with E-state index in [9.17, 15) is 0 Å². The lowest BCUT2D eigenvalue weighted by Crippen LogP contribution is -2.61. The molecule has 0 radical (unpaired) electrons. The van der Waals surface area contributed by atoms with Gasteiger partial charge in [-0.3, -0.25) is 0 Å². The third-order valence-corrected chi connectivity index (χ3v) is 15.1. The molecule has 2 aliphatic carbocycles. The Kier molecular flexibility index (Phi) is 8.23. The second kappa shape index (κ2) is 13.1. The monoisotopic (exact) mass is 796 g/mol. The average Bonchev–Trinajstić information content (AvgIpc) is 3.68. The van der Waals surface area contributed by atoms with Crippen molar-refractivity contribution in [2.45, 2.75) is 110 Å². The molecule has 0 saturated carbocycles. The lowest BCUT2D eigenvalue weighted by Gasteiger charge is -2.45. The number of rotatable bonds is 4. The van der Waals surface area contributed by atoms with E-state index < -0.39 is 0 Å². The summed E-state index contributed by atoms with van der Waals surface area (Å²) < 4.78 is 7.65. The summed E-state index contributed by atoms with van der Waals surface area (Å²) in [5.74, 6) is 1.16. The SMILES string of the molecule is Cc1cc2c3c(c1)N(c1ccc4c(c1)C(C)(C)CCC4(C)C)c1c(oc4c1C(C)(C)CCC4(C)C)B3c1cc(-c3ccccc3)ccc1N2c1ccc(-c2ccccc2)cc1. The van der Waals surface area contributed by atoms with Gasteiger partial charge in [0.15, 0.2) is 0 Å². The lowest BCUT2D eigenvalue weighted by atomic mass is 9.35. The van der Waals surface area contributed by atoms with Crippen LogP contribution in [0.1, 0.15) is 109 Å². The van der Waals surface area contributed by atoms with Crippen LogP contribution in [-0.2, 0) is 21.7 Å². The van der Waals surface area contributed by atoms with Crippen LogP contribution in [0.4, 0.5) is 34.1 Å². The van der Waals surface area contributed by atoms with Gasteiger partial charge in [0.05, 0.1) is 11.3 Å². The van der Waals surface area contributed by atoms with Crippen LogP contribution in [0.2, 0.25) is 0 Å². The molecule has 0 atom stereocenters. The van der Waals surface area contributed by atoms with Crippen LogP contribution in [0.3, 0.4) is 0 Å². The van der Waals surface area contributed by atoms with Gasteiger partial charge in [0, 0.05) is 39.4 Å². The van der Waals surface area contributed by atoms with Gasteiger partial charge in [0.2, 0.25) is 0 Å². The van der Waals surface area contributed by atoms with Crippen molar-refractivity contribution >= 4 is 57.4 Å². The quantitative estimate of drug-likeness (QED) is 0.165. The normalized spacial score (nSPS) is 18.4. The molecule has 4 aliphatic rings. The van der Waals surface area contributed by atoms with Crippen molar-refractivity contribution < 1.29 is 4.42 Å². The van der Waals surface area contributed by atoms with E-state index in [1.165, 1.54) is 96.7 Å². The molecule has 0 spiro atoms. The van der Waals surface area contributed by atoms with Crippen molar-refractivity contribution in [3.8, 4) is 22.3 Å². The van der Waals surface area contributed by atoms with Crippen LogP contribution in [-0.4, -0.2) is 6.71 Å². The van der Waals surface area contributed by atoms with Gasteiger partial charge in [-0.25, -0.2) is 0 Å². The number of benzene rings is 6. The van der Waals surface area contributed by atoms with Crippen molar-refractivity contribution in [1.29, 1.82) is 0 Å². The number of nitrogens with zero attached hydrogens (tertiary/aromatic N) is 2. The number of furan rings is 1. The zero-order chi connectivity index (χ0) is 42.2. The number of hydrogen-bond acceptors (Lipinski definition) is 3. The van der Waals surface area contributed by atoms with Gasteiger partial charge in [-0.05, 0) is 141 Å². The highest BCUT2D eigenvalue weighted by atomic mass is 16.3. The first-order valence-electron chi connectivity index (χ1n) is 22.6. The highest BCUT2D eigenvalue weighted by Gasteiger charge is 2.52. The van der Waals surface area contributed by atoms with Gasteiger partial charge in [-0.1, -0.05) is 146 Å². The minimum absolute atomic E-state index is 0.0701. The van der Waals surface area contributed by atoms with Crippen LogP contribution in [0.5, 0.6) is 0 Å². The third kappa shape index (κ3) is 5.77. The van der Waals surface area contributed by atoms with E-state index in [-0.39, 0.29) is 28.4 Å². The van der Waals surface area contributed by atoms with Gasteiger partial charge in [0.1, 0.15) is 5.76 Å². The molecule has 6 aromatic carbocycles. The summed E-state index contributed by atoms with van der Waals surface area (Å²) in [5.41, 5.74) is 21.4. The Morgan fingerprint density at radius 2 is 1.02 bits per heavy atom. The summed E-state index contributed by atoms with van der Waals surface area (Å²) in [7, 11) is 0. The summed E-state index contributed by atoms with van der Waals surface area (Å²) in [5, 5.41) is 0. The molecule has 0 fully saturated rings. The van der Waals surface area contributed by atoms with Crippen LogP contribution in [0, 0.1) is 6.92 Å². The predicted molar refractivity (Wildman–Crippen MR) is 259 cm³/mol. The van der Waals surface area contributed by atoms with Crippen LogP contribution in [0.15, 0.2) is 138 Å². The van der Waals surface area contributed by atoms with Crippen LogP contribution < -0.4 is 26.4 Å². The zero-order valence-electron chi connectivity index (χ0n) is 37.4. The van der Waals surface area contributed by atoms with Gasteiger partial charge in [-0.15, -0.1) is 0 Å². The van der Waals surface area contributed by atoms with Gasteiger partial charge in [0.25, 0.3) is 6.71 Å².